The van der Waals surface area contributed by atoms with Crippen molar-refractivity contribution in [2.24, 2.45) is 0 Å². The molecule has 1 aromatic heterocycles. The van der Waals surface area contributed by atoms with Gasteiger partial charge in [-0.05, 0) is 17.3 Å². The van der Waals surface area contributed by atoms with E-state index < -0.39 is 23.7 Å². The molecule has 8 nitrogen and oxygen atoms in total. The van der Waals surface area contributed by atoms with Crippen LogP contribution in [0.1, 0.15) is 12.0 Å². The van der Waals surface area contributed by atoms with Crippen molar-refractivity contribution in [1.82, 2.24) is 30.8 Å². The highest BCUT2D eigenvalue weighted by Crippen LogP contribution is 2.31. The molecule has 0 radical (unpaired) electrons. The fourth-order valence-corrected chi connectivity index (χ4v) is 1.74. The number of hydrogen-bond donors (Lipinski definition) is 2. The maximum atomic E-state index is 12.7. The van der Waals surface area contributed by atoms with Crippen LogP contribution in [0.2, 0.25) is 0 Å². The lowest BCUT2D eigenvalue weighted by atomic mass is 10.1. The van der Waals surface area contributed by atoms with Crippen LogP contribution in [0.3, 0.4) is 0 Å². The average Bonchev–Trinajstić information content (AvgIpc) is 3.01. The van der Waals surface area contributed by atoms with Gasteiger partial charge in [-0.3, -0.25) is 10.1 Å². The lowest BCUT2D eigenvalue weighted by Gasteiger charge is -2.06. The smallest absolute Gasteiger partial charge is 0.341 e. The van der Waals surface area contributed by atoms with Crippen LogP contribution in [0, 0.1) is 0 Å². The third kappa shape index (κ3) is 4.51. The summed E-state index contributed by atoms with van der Waals surface area (Å²) in [5.41, 5.74) is -0.660. The number of imide groups is 1. The second-order valence-corrected chi connectivity index (χ2v) is 4.66. The minimum atomic E-state index is -4.47. The number of urea groups is 1. The van der Waals surface area contributed by atoms with Crippen LogP contribution in [0.15, 0.2) is 24.3 Å². The van der Waals surface area contributed by atoms with Crippen molar-refractivity contribution in [3.8, 4) is 11.4 Å². The number of tetrazole rings is 1. The van der Waals surface area contributed by atoms with Gasteiger partial charge in [-0.2, -0.15) is 18.0 Å². The zero-order chi connectivity index (χ0) is 17.7. The first kappa shape index (κ1) is 17.4. The summed E-state index contributed by atoms with van der Waals surface area (Å²) in [6.45, 7) is 0.0226. The molecule has 128 valence electrons. The van der Waals surface area contributed by atoms with Crippen LogP contribution < -0.4 is 10.6 Å². The summed E-state index contributed by atoms with van der Waals surface area (Å²) in [7, 11) is 1.36. The molecule has 1 heterocycles. The Bertz CT molecular complexity index is 743. The van der Waals surface area contributed by atoms with Gasteiger partial charge in [0.05, 0.1) is 12.1 Å². The number of aromatic nitrogens is 4. The van der Waals surface area contributed by atoms with E-state index in [-0.39, 0.29) is 24.4 Å². The molecule has 0 spiro atoms. The number of nitrogens with one attached hydrogen (secondary N) is 2. The van der Waals surface area contributed by atoms with E-state index in [0.29, 0.717) is 0 Å². The van der Waals surface area contributed by atoms with Crippen molar-refractivity contribution < 1.29 is 22.8 Å². The summed E-state index contributed by atoms with van der Waals surface area (Å²) in [6, 6.07) is 3.89. The van der Waals surface area contributed by atoms with Crippen molar-refractivity contribution in [3.63, 3.8) is 0 Å². The number of carbonyl (C=O) groups excluding carboxylic acids is 2. The number of benzene rings is 1. The fourth-order valence-electron chi connectivity index (χ4n) is 1.74. The van der Waals surface area contributed by atoms with Crippen molar-refractivity contribution >= 4 is 11.9 Å². The molecule has 24 heavy (non-hydrogen) atoms. The number of alkyl halides is 3. The van der Waals surface area contributed by atoms with E-state index in [9.17, 15) is 22.8 Å². The summed E-state index contributed by atoms with van der Waals surface area (Å²) in [4.78, 5) is 23.4. The van der Waals surface area contributed by atoms with Gasteiger partial charge in [0, 0.05) is 19.0 Å². The Morgan fingerprint density at radius 3 is 2.71 bits per heavy atom. The second-order valence-electron chi connectivity index (χ2n) is 4.66. The van der Waals surface area contributed by atoms with Crippen LogP contribution in [0.4, 0.5) is 18.0 Å². The molecule has 0 bridgehead atoms. The minimum absolute atomic E-state index is 0.00723. The zero-order valence-electron chi connectivity index (χ0n) is 12.5. The van der Waals surface area contributed by atoms with Gasteiger partial charge in [0.15, 0.2) is 0 Å². The Morgan fingerprint density at radius 2 is 2.04 bits per heavy atom. The summed E-state index contributed by atoms with van der Waals surface area (Å²) in [5.74, 6) is -0.542. The van der Waals surface area contributed by atoms with Crippen molar-refractivity contribution in [1.29, 1.82) is 0 Å². The van der Waals surface area contributed by atoms with Crippen LogP contribution in [-0.4, -0.2) is 39.2 Å². The molecule has 0 fully saturated rings. The molecule has 0 saturated heterocycles. The van der Waals surface area contributed by atoms with Gasteiger partial charge in [0.2, 0.25) is 11.7 Å². The number of carbonyl (C=O) groups is 2. The molecule has 0 atom stereocenters. The predicted molar refractivity (Wildman–Crippen MR) is 75.5 cm³/mol. The van der Waals surface area contributed by atoms with Crippen molar-refractivity contribution in [2.75, 3.05) is 7.05 Å². The lowest BCUT2D eigenvalue weighted by molar-refractivity contribution is -0.137. The summed E-state index contributed by atoms with van der Waals surface area (Å²) in [6.07, 6.45) is -4.56. The normalized spacial score (nSPS) is 11.2. The van der Waals surface area contributed by atoms with E-state index in [0.717, 1.165) is 16.9 Å². The quantitative estimate of drug-likeness (QED) is 0.869. The molecule has 0 aliphatic rings. The van der Waals surface area contributed by atoms with Crippen molar-refractivity contribution in [3.05, 3.63) is 29.8 Å². The number of rotatable bonds is 4. The Hall–Kier alpha value is -2.98. The van der Waals surface area contributed by atoms with Gasteiger partial charge in [-0.15, -0.1) is 10.2 Å². The summed E-state index contributed by atoms with van der Waals surface area (Å²) in [5, 5.41) is 15.5. The molecule has 2 N–H and O–H groups in total. The first-order chi connectivity index (χ1) is 11.3. The number of hydrogen-bond acceptors (Lipinski definition) is 5. The number of halogens is 3. The van der Waals surface area contributed by atoms with Crippen LogP contribution in [0.25, 0.3) is 11.4 Å². The Kier molecular flexibility index (Phi) is 5.11. The molecule has 0 aliphatic heterocycles. The maximum Gasteiger partial charge on any atom is 0.416 e. The molecule has 0 saturated carbocycles. The van der Waals surface area contributed by atoms with Gasteiger partial charge in [0.1, 0.15) is 0 Å². The van der Waals surface area contributed by atoms with E-state index in [1.807, 2.05) is 0 Å². The van der Waals surface area contributed by atoms with Crippen LogP contribution in [-0.2, 0) is 17.5 Å². The first-order valence-corrected chi connectivity index (χ1v) is 6.76. The van der Waals surface area contributed by atoms with Crippen LogP contribution in [0.5, 0.6) is 0 Å². The molecule has 0 unspecified atom stereocenters. The predicted octanol–water partition coefficient (Wildman–Crippen LogP) is 1.20. The Morgan fingerprint density at radius 1 is 1.29 bits per heavy atom. The van der Waals surface area contributed by atoms with Gasteiger partial charge in [-0.1, -0.05) is 12.1 Å². The molecule has 2 rings (SSSR count). The van der Waals surface area contributed by atoms with Gasteiger partial charge in [0.25, 0.3) is 0 Å². The lowest BCUT2D eigenvalue weighted by Crippen LogP contribution is -2.37. The standard InChI is InChI=1S/C13H13F3N6O2/c1-17-12(24)18-10(23)5-6-22-20-11(19-21-22)8-3-2-4-9(7-8)13(14,15)16/h2-4,7H,5-6H2,1H3,(H2,17,18,23,24). The van der Waals surface area contributed by atoms with E-state index in [4.69, 9.17) is 0 Å². The largest absolute Gasteiger partial charge is 0.416 e. The molecule has 2 aromatic rings. The van der Waals surface area contributed by atoms with Gasteiger partial charge < -0.3 is 5.32 Å². The zero-order valence-corrected chi connectivity index (χ0v) is 12.5. The van der Waals surface area contributed by atoms with E-state index >= 15 is 0 Å². The fraction of sp³-hybridized carbons (Fsp3) is 0.308. The molecular weight excluding hydrogens is 329 g/mol. The van der Waals surface area contributed by atoms with E-state index in [1.165, 1.54) is 19.2 Å². The van der Waals surface area contributed by atoms with Gasteiger partial charge in [-0.25, -0.2) is 4.79 Å². The maximum absolute atomic E-state index is 12.7. The monoisotopic (exact) mass is 342 g/mol. The number of amides is 3. The second kappa shape index (κ2) is 7.06. The average molecular weight is 342 g/mol. The van der Waals surface area contributed by atoms with E-state index in [1.54, 1.807) is 0 Å². The third-order valence-corrected chi connectivity index (χ3v) is 2.92. The molecule has 0 aliphatic carbocycles. The minimum Gasteiger partial charge on any atom is -0.341 e. The molecule has 1 aromatic carbocycles. The Balaban J connectivity index is 2.03. The highest BCUT2D eigenvalue weighted by molar-refractivity contribution is 5.94. The van der Waals surface area contributed by atoms with E-state index in [2.05, 4.69) is 26.0 Å². The topological polar surface area (TPSA) is 102 Å². The van der Waals surface area contributed by atoms with Crippen molar-refractivity contribution in [2.45, 2.75) is 19.1 Å². The summed E-state index contributed by atoms with van der Waals surface area (Å²) < 4.78 is 38.1. The first-order valence-electron chi connectivity index (χ1n) is 6.76. The molecule has 3 amide bonds. The number of aryl methyl sites for hydroxylation is 1. The molecular formula is C13H13F3N6O2. The highest BCUT2D eigenvalue weighted by Gasteiger charge is 2.30. The Labute approximate surface area is 134 Å². The van der Waals surface area contributed by atoms with Gasteiger partial charge >= 0.3 is 12.2 Å². The number of nitrogens with zero attached hydrogens (tertiary/aromatic N) is 4. The summed E-state index contributed by atoms with van der Waals surface area (Å²) >= 11 is 0. The van der Waals surface area contributed by atoms with Crippen LogP contribution >= 0.6 is 0 Å². The SMILES string of the molecule is CNC(=O)NC(=O)CCn1nnc(-c2cccc(C(F)(F)F)c2)n1. The molecule has 11 heteroatoms. The highest BCUT2D eigenvalue weighted by atomic mass is 19.4. The third-order valence-electron chi connectivity index (χ3n) is 2.92.